The molecular formula is C14H13BrN6O2S2. The molecule has 11 heteroatoms. The Morgan fingerprint density at radius 1 is 1.08 bits per heavy atom. The Morgan fingerprint density at radius 2 is 1.76 bits per heavy atom. The van der Waals surface area contributed by atoms with Crippen molar-refractivity contribution in [2.75, 3.05) is 0 Å². The molecule has 1 fully saturated rings. The number of primary sulfonamides is 1. The second-order valence-electron chi connectivity index (χ2n) is 5.35. The number of fused-ring (bicyclic) bond motifs is 1. The van der Waals surface area contributed by atoms with Gasteiger partial charge in [0.1, 0.15) is 6.17 Å². The van der Waals surface area contributed by atoms with Gasteiger partial charge in [-0.3, -0.25) is 0 Å². The summed E-state index contributed by atoms with van der Waals surface area (Å²) in [6.07, 6.45) is -0.498. The lowest BCUT2D eigenvalue weighted by atomic mass is 9.97. The van der Waals surface area contributed by atoms with E-state index in [1.54, 1.807) is 6.07 Å². The van der Waals surface area contributed by atoms with E-state index in [0.29, 0.717) is 5.56 Å². The molecule has 2 heterocycles. The third kappa shape index (κ3) is 3.09. The van der Waals surface area contributed by atoms with Crippen molar-refractivity contribution in [3.63, 3.8) is 0 Å². The minimum absolute atomic E-state index is 0.0480. The zero-order valence-electron chi connectivity index (χ0n) is 12.6. The number of sulfonamides is 1. The van der Waals surface area contributed by atoms with Gasteiger partial charge in [0.05, 0.1) is 15.1 Å². The molecule has 2 aromatic carbocycles. The standard InChI is InChI=1S/C14H13BrN6O2S2/c15-14-17-12-8(4-1-5-9(12)24-14)7-3-2-6-10(25(16,22)23)11(7)13-18-20-21-19-13/h1-6,13,18-21H,(H2,16,22,23). The fourth-order valence-corrected chi connectivity index (χ4v) is 5.08. The Morgan fingerprint density at radius 3 is 2.48 bits per heavy atom. The summed E-state index contributed by atoms with van der Waals surface area (Å²) in [6, 6.07) is 10.8. The Bertz CT molecular complexity index is 1060. The Balaban J connectivity index is 2.04. The predicted octanol–water partition coefficient (Wildman–Crippen LogP) is 1.49. The number of aromatic nitrogens is 1. The van der Waals surface area contributed by atoms with Gasteiger partial charge < -0.3 is 0 Å². The molecule has 25 heavy (non-hydrogen) atoms. The van der Waals surface area contributed by atoms with Crippen LogP contribution in [0, 0.1) is 0 Å². The van der Waals surface area contributed by atoms with Gasteiger partial charge in [-0.05, 0) is 33.6 Å². The maximum atomic E-state index is 12.1. The molecule has 3 aromatic rings. The molecule has 1 aromatic heterocycles. The van der Waals surface area contributed by atoms with E-state index < -0.39 is 16.2 Å². The molecule has 8 nitrogen and oxygen atoms in total. The summed E-state index contributed by atoms with van der Waals surface area (Å²) >= 11 is 4.92. The molecule has 130 valence electrons. The van der Waals surface area contributed by atoms with Gasteiger partial charge in [-0.1, -0.05) is 24.3 Å². The molecule has 0 atom stereocenters. The third-order valence-corrected chi connectivity index (χ3v) is 6.28. The SMILES string of the molecule is NS(=O)(=O)c1cccc(-c2cccc3sc(Br)nc23)c1C1NNNN1. The summed E-state index contributed by atoms with van der Waals surface area (Å²) in [6.45, 7) is 0. The van der Waals surface area contributed by atoms with Gasteiger partial charge in [0, 0.05) is 11.1 Å². The van der Waals surface area contributed by atoms with Gasteiger partial charge in [0.15, 0.2) is 3.92 Å². The first-order chi connectivity index (χ1) is 11.9. The van der Waals surface area contributed by atoms with Crippen LogP contribution in [-0.4, -0.2) is 13.4 Å². The molecule has 0 amide bonds. The van der Waals surface area contributed by atoms with Crippen LogP contribution in [0.25, 0.3) is 21.3 Å². The van der Waals surface area contributed by atoms with Gasteiger partial charge in [-0.2, -0.15) is 11.1 Å². The van der Waals surface area contributed by atoms with E-state index in [1.165, 1.54) is 17.4 Å². The maximum Gasteiger partial charge on any atom is 0.238 e. The largest absolute Gasteiger partial charge is 0.238 e. The smallest absolute Gasteiger partial charge is 0.228 e. The summed E-state index contributed by atoms with van der Waals surface area (Å²) in [5, 5.41) is 5.44. The normalized spacial score (nSPS) is 15.9. The number of thiazole rings is 1. The molecule has 6 N–H and O–H groups in total. The van der Waals surface area contributed by atoms with Gasteiger partial charge >= 0.3 is 0 Å². The first-order valence-corrected chi connectivity index (χ1v) is 10.3. The van der Waals surface area contributed by atoms with E-state index in [9.17, 15) is 8.42 Å². The molecular weight excluding hydrogens is 428 g/mol. The number of para-hydroxylation sites is 1. The van der Waals surface area contributed by atoms with Crippen molar-refractivity contribution in [2.24, 2.45) is 5.14 Å². The van der Waals surface area contributed by atoms with E-state index in [0.717, 1.165) is 25.3 Å². The van der Waals surface area contributed by atoms with Crippen LogP contribution < -0.4 is 27.1 Å². The first-order valence-electron chi connectivity index (χ1n) is 7.17. The number of hydrogen-bond donors (Lipinski definition) is 5. The van der Waals surface area contributed by atoms with E-state index in [1.807, 2.05) is 24.3 Å². The summed E-state index contributed by atoms with van der Waals surface area (Å²) in [5.74, 6) is 0. The zero-order valence-corrected chi connectivity index (χ0v) is 15.8. The second kappa shape index (κ2) is 6.37. The monoisotopic (exact) mass is 440 g/mol. The van der Waals surface area contributed by atoms with Gasteiger partial charge in [-0.25, -0.2) is 29.4 Å². The van der Waals surface area contributed by atoms with Crippen LogP contribution in [0.4, 0.5) is 0 Å². The summed E-state index contributed by atoms with van der Waals surface area (Å²) in [7, 11) is -3.91. The van der Waals surface area contributed by atoms with Crippen LogP contribution in [0.1, 0.15) is 11.7 Å². The minimum atomic E-state index is -3.91. The van der Waals surface area contributed by atoms with Crippen LogP contribution in [-0.2, 0) is 10.0 Å². The number of hydrogen-bond acceptors (Lipinski definition) is 8. The van der Waals surface area contributed by atoms with Gasteiger partial charge in [0.2, 0.25) is 10.0 Å². The number of hydrazine groups is 3. The lowest BCUT2D eigenvalue weighted by molar-refractivity contribution is 0.541. The average Bonchev–Trinajstić information content (AvgIpc) is 3.21. The zero-order chi connectivity index (χ0) is 17.6. The van der Waals surface area contributed by atoms with Crippen molar-refractivity contribution in [1.29, 1.82) is 0 Å². The highest BCUT2D eigenvalue weighted by molar-refractivity contribution is 9.11. The Labute approximate surface area is 155 Å². The van der Waals surface area contributed by atoms with Crippen molar-refractivity contribution in [1.82, 2.24) is 26.9 Å². The molecule has 0 unspecified atom stereocenters. The summed E-state index contributed by atoms with van der Waals surface area (Å²) in [4.78, 5) is 4.58. The van der Waals surface area contributed by atoms with Crippen molar-refractivity contribution in [2.45, 2.75) is 11.1 Å². The summed E-state index contributed by atoms with van der Waals surface area (Å²) < 4.78 is 26.0. The highest BCUT2D eigenvalue weighted by Gasteiger charge is 2.27. The van der Waals surface area contributed by atoms with Crippen LogP contribution in [0.15, 0.2) is 45.2 Å². The topological polar surface area (TPSA) is 121 Å². The summed E-state index contributed by atoms with van der Waals surface area (Å²) in [5.41, 5.74) is 14.1. The number of nitrogens with zero attached hydrogens (tertiary/aromatic N) is 1. The van der Waals surface area contributed by atoms with Gasteiger partial charge in [-0.15, -0.1) is 11.3 Å². The van der Waals surface area contributed by atoms with Crippen LogP contribution in [0.2, 0.25) is 0 Å². The number of halogens is 1. The maximum absolute atomic E-state index is 12.1. The quantitative estimate of drug-likeness (QED) is 0.418. The van der Waals surface area contributed by atoms with Crippen LogP contribution in [0.5, 0.6) is 0 Å². The molecule has 0 aliphatic carbocycles. The molecule has 0 spiro atoms. The van der Waals surface area contributed by atoms with Crippen molar-refractivity contribution >= 4 is 47.5 Å². The molecule has 4 rings (SSSR count). The third-order valence-electron chi connectivity index (χ3n) is 3.84. The molecule has 0 radical (unpaired) electrons. The molecule has 1 aliphatic rings. The van der Waals surface area contributed by atoms with Crippen molar-refractivity contribution < 1.29 is 8.42 Å². The lowest BCUT2D eigenvalue weighted by Gasteiger charge is -2.18. The second-order valence-corrected chi connectivity index (χ2v) is 9.19. The lowest BCUT2D eigenvalue weighted by Crippen LogP contribution is -2.33. The van der Waals surface area contributed by atoms with Crippen LogP contribution >= 0.6 is 27.3 Å². The van der Waals surface area contributed by atoms with E-state index in [-0.39, 0.29) is 4.90 Å². The highest BCUT2D eigenvalue weighted by atomic mass is 79.9. The van der Waals surface area contributed by atoms with Crippen LogP contribution in [0.3, 0.4) is 0 Å². The van der Waals surface area contributed by atoms with Crippen molar-refractivity contribution in [3.8, 4) is 11.1 Å². The number of benzene rings is 2. The molecule has 0 bridgehead atoms. The fraction of sp³-hybridized carbons (Fsp3) is 0.0714. The molecule has 1 saturated heterocycles. The fourth-order valence-electron chi connectivity index (χ4n) is 2.86. The Kier molecular flexibility index (Phi) is 4.33. The predicted molar refractivity (Wildman–Crippen MR) is 99.4 cm³/mol. The number of nitrogens with two attached hydrogens (primary N) is 1. The molecule has 1 aliphatic heterocycles. The first kappa shape index (κ1) is 17.0. The average molecular weight is 441 g/mol. The van der Waals surface area contributed by atoms with E-state index >= 15 is 0 Å². The van der Waals surface area contributed by atoms with Crippen molar-refractivity contribution in [3.05, 3.63) is 45.9 Å². The van der Waals surface area contributed by atoms with E-state index in [2.05, 4.69) is 42.8 Å². The highest BCUT2D eigenvalue weighted by Crippen LogP contribution is 2.38. The minimum Gasteiger partial charge on any atom is -0.228 e. The van der Waals surface area contributed by atoms with E-state index in [4.69, 9.17) is 5.14 Å². The Hall–Kier alpha value is -1.44. The van der Waals surface area contributed by atoms with Gasteiger partial charge in [0.25, 0.3) is 0 Å². The number of rotatable bonds is 3. The number of nitrogens with one attached hydrogen (secondary N) is 4. The molecule has 0 saturated carbocycles.